The maximum Gasteiger partial charge on any atom is 0.255 e. The van der Waals surface area contributed by atoms with Crippen LogP contribution in [-0.2, 0) is 15.6 Å². The molecule has 2 atom stereocenters. The van der Waals surface area contributed by atoms with Gasteiger partial charge in [-0.15, -0.1) is 11.3 Å². The molecule has 1 N–H and O–H groups in total. The third-order valence-electron chi connectivity index (χ3n) is 6.99. The molecule has 0 bridgehead atoms. The van der Waals surface area contributed by atoms with E-state index in [2.05, 4.69) is 15.3 Å². The van der Waals surface area contributed by atoms with Crippen LogP contribution in [0.15, 0.2) is 6.20 Å². The standard InChI is InChI=1S/C21H26FN5O3S2/c1-11-9-13(5-8-27(11)32(4,29)30)24-20-23-10-14(22)16(25-20)17-12(2)15-18(31-17)21(6-7-21)26(3)19(15)28/h10-11,13H,5-9H2,1-4H3,(H,23,24,25)/t11-,13+/m1/s1. The van der Waals surface area contributed by atoms with Crippen LogP contribution < -0.4 is 5.32 Å². The zero-order valence-corrected chi connectivity index (χ0v) is 20.1. The number of nitrogens with zero attached hydrogens (tertiary/aromatic N) is 4. The lowest BCUT2D eigenvalue weighted by molar-refractivity contribution is 0.0755. The van der Waals surface area contributed by atoms with E-state index in [-0.39, 0.29) is 29.2 Å². The van der Waals surface area contributed by atoms with Gasteiger partial charge in [-0.1, -0.05) is 0 Å². The monoisotopic (exact) mass is 479 g/mol. The lowest BCUT2D eigenvalue weighted by Crippen LogP contribution is -2.47. The third kappa shape index (κ3) is 3.24. The summed E-state index contributed by atoms with van der Waals surface area (Å²) in [4.78, 5) is 24.9. The van der Waals surface area contributed by atoms with Gasteiger partial charge in [-0.25, -0.2) is 22.8 Å². The predicted octanol–water partition coefficient (Wildman–Crippen LogP) is 2.95. The molecule has 1 aliphatic carbocycles. The Balaban J connectivity index is 1.42. The number of carbonyl (C=O) groups excluding carboxylic acids is 1. The molecule has 4 heterocycles. The second-order valence-electron chi connectivity index (χ2n) is 9.13. The molecule has 0 unspecified atom stereocenters. The first-order valence-corrected chi connectivity index (χ1v) is 13.4. The van der Waals surface area contributed by atoms with Crippen molar-refractivity contribution in [3.05, 3.63) is 28.0 Å². The number of amides is 1. The maximum atomic E-state index is 14.8. The normalized spacial score (nSPS) is 24.8. The van der Waals surface area contributed by atoms with Crippen LogP contribution in [0.3, 0.4) is 0 Å². The van der Waals surface area contributed by atoms with E-state index in [9.17, 15) is 17.6 Å². The fraction of sp³-hybridized carbons (Fsp3) is 0.571. The van der Waals surface area contributed by atoms with E-state index in [1.54, 1.807) is 0 Å². The van der Waals surface area contributed by atoms with Crippen LogP contribution in [0.2, 0.25) is 0 Å². The van der Waals surface area contributed by atoms with Gasteiger partial charge in [-0.2, -0.15) is 4.31 Å². The molecule has 2 fully saturated rings. The van der Waals surface area contributed by atoms with Crippen LogP contribution in [0, 0.1) is 12.7 Å². The van der Waals surface area contributed by atoms with E-state index in [0.717, 1.165) is 29.5 Å². The summed E-state index contributed by atoms with van der Waals surface area (Å²) in [5.41, 5.74) is 1.45. The summed E-state index contributed by atoms with van der Waals surface area (Å²) in [5.74, 6) is -0.217. The van der Waals surface area contributed by atoms with Crippen molar-refractivity contribution >= 4 is 33.2 Å². The topological polar surface area (TPSA) is 95.5 Å². The number of nitrogens with one attached hydrogen (secondary N) is 1. The molecule has 0 radical (unpaired) electrons. The molecule has 32 heavy (non-hydrogen) atoms. The number of piperidine rings is 1. The summed E-state index contributed by atoms with van der Waals surface area (Å²) in [5, 5.41) is 3.25. The van der Waals surface area contributed by atoms with E-state index in [4.69, 9.17) is 0 Å². The van der Waals surface area contributed by atoms with E-state index in [1.807, 2.05) is 25.8 Å². The van der Waals surface area contributed by atoms with Crippen LogP contribution in [0.25, 0.3) is 10.6 Å². The Hall–Kier alpha value is -2.11. The van der Waals surface area contributed by atoms with Crippen LogP contribution in [0.4, 0.5) is 10.3 Å². The number of carbonyl (C=O) groups is 1. The highest BCUT2D eigenvalue weighted by molar-refractivity contribution is 7.88. The van der Waals surface area contributed by atoms with Crippen molar-refractivity contribution in [3.8, 4) is 10.6 Å². The van der Waals surface area contributed by atoms with Crippen LogP contribution in [0.5, 0.6) is 0 Å². The van der Waals surface area contributed by atoms with Crippen LogP contribution in [0.1, 0.15) is 53.4 Å². The first-order chi connectivity index (χ1) is 15.0. The summed E-state index contributed by atoms with van der Waals surface area (Å²) in [6, 6.07) is -0.155. The van der Waals surface area contributed by atoms with E-state index in [1.165, 1.54) is 21.9 Å². The summed E-state index contributed by atoms with van der Waals surface area (Å²) >= 11 is 1.46. The maximum absolute atomic E-state index is 14.8. The molecule has 0 aromatic carbocycles. The fourth-order valence-electron chi connectivity index (χ4n) is 5.07. The largest absolute Gasteiger partial charge is 0.351 e. The Labute approximate surface area is 190 Å². The van der Waals surface area contributed by atoms with Gasteiger partial charge in [0.15, 0.2) is 5.82 Å². The number of hydrogen-bond acceptors (Lipinski definition) is 7. The van der Waals surface area contributed by atoms with Crippen LogP contribution >= 0.6 is 11.3 Å². The molecule has 2 aliphatic heterocycles. The van der Waals surface area contributed by atoms with Gasteiger partial charge in [0.2, 0.25) is 16.0 Å². The predicted molar refractivity (Wildman–Crippen MR) is 121 cm³/mol. The van der Waals surface area contributed by atoms with Crippen molar-refractivity contribution < 1.29 is 17.6 Å². The van der Waals surface area contributed by atoms with Gasteiger partial charge in [0.05, 0.1) is 28.4 Å². The Morgan fingerprint density at radius 2 is 2.06 bits per heavy atom. The lowest BCUT2D eigenvalue weighted by Gasteiger charge is -2.36. The summed E-state index contributed by atoms with van der Waals surface area (Å²) in [6.45, 7) is 4.15. The SMILES string of the molecule is Cc1c(-c2nc(N[C@H]3CCN(S(C)(=O)=O)[C@H](C)C3)ncc2F)sc2c1C(=O)N(C)C21CC1. The first kappa shape index (κ1) is 21.7. The zero-order chi connectivity index (χ0) is 23.0. The Morgan fingerprint density at radius 1 is 1.34 bits per heavy atom. The average molecular weight is 480 g/mol. The smallest absolute Gasteiger partial charge is 0.255 e. The zero-order valence-electron chi connectivity index (χ0n) is 18.5. The average Bonchev–Trinajstić information content (AvgIpc) is 3.41. The van der Waals surface area contributed by atoms with Gasteiger partial charge in [-0.05, 0) is 45.1 Å². The number of anilines is 1. The molecule has 1 amide bonds. The van der Waals surface area contributed by atoms with Gasteiger partial charge in [0, 0.05) is 30.6 Å². The molecule has 1 spiro atoms. The minimum Gasteiger partial charge on any atom is -0.351 e. The van der Waals surface area contributed by atoms with Crippen molar-refractivity contribution in [1.29, 1.82) is 0 Å². The highest BCUT2D eigenvalue weighted by atomic mass is 32.2. The van der Waals surface area contributed by atoms with Crippen molar-refractivity contribution in [2.45, 2.75) is 57.2 Å². The molecule has 1 saturated heterocycles. The van der Waals surface area contributed by atoms with Gasteiger partial charge in [0.25, 0.3) is 5.91 Å². The fourth-order valence-corrected chi connectivity index (χ4v) is 7.82. The number of halogens is 1. The second kappa shape index (κ2) is 7.19. The number of aromatic nitrogens is 2. The molecule has 2 aromatic heterocycles. The third-order valence-corrected chi connectivity index (χ3v) is 9.87. The molecule has 3 aliphatic rings. The molecular weight excluding hydrogens is 453 g/mol. The number of rotatable bonds is 4. The molecule has 1 saturated carbocycles. The Bertz CT molecular complexity index is 1220. The minimum absolute atomic E-state index is 0.00284. The molecule has 11 heteroatoms. The summed E-state index contributed by atoms with van der Waals surface area (Å²) < 4.78 is 40.1. The highest BCUT2D eigenvalue weighted by Gasteiger charge is 2.58. The van der Waals surface area contributed by atoms with E-state index in [0.29, 0.717) is 35.8 Å². The van der Waals surface area contributed by atoms with Gasteiger partial charge >= 0.3 is 0 Å². The lowest BCUT2D eigenvalue weighted by atomic mass is 10.0. The molecule has 8 nitrogen and oxygen atoms in total. The van der Waals surface area contributed by atoms with Gasteiger partial charge in [-0.3, -0.25) is 4.79 Å². The van der Waals surface area contributed by atoms with Crippen molar-refractivity contribution in [2.75, 3.05) is 25.2 Å². The Morgan fingerprint density at radius 3 is 2.69 bits per heavy atom. The van der Waals surface area contributed by atoms with Gasteiger partial charge < -0.3 is 10.2 Å². The summed E-state index contributed by atoms with van der Waals surface area (Å²) in [6.07, 6.45) is 5.48. The second-order valence-corrected chi connectivity index (χ2v) is 12.1. The van der Waals surface area contributed by atoms with Crippen molar-refractivity contribution in [3.63, 3.8) is 0 Å². The molecule has 172 valence electrons. The van der Waals surface area contributed by atoms with Crippen LogP contribution in [-0.4, -0.2) is 65.4 Å². The number of fused-ring (bicyclic) bond motifs is 2. The Kier molecular flexibility index (Phi) is 4.88. The molecule has 2 aromatic rings. The highest BCUT2D eigenvalue weighted by Crippen LogP contribution is 2.60. The van der Waals surface area contributed by atoms with E-state index < -0.39 is 15.8 Å². The molecular formula is C21H26FN5O3S2. The number of thiophene rings is 1. The first-order valence-electron chi connectivity index (χ1n) is 10.7. The van der Waals surface area contributed by atoms with Crippen molar-refractivity contribution in [2.24, 2.45) is 0 Å². The van der Waals surface area contributed by atoms with Crippen molar-refractivity contribution in [1.82, 2.24) is 19.2 Å². The van der Waals surface area contributed by atoms with E-state index >= 15 is 0 Å². The minimum atomic E-state index is -3.24. The number of sulfonamides is 1. The van der Waals surface area contributed by atoms with Gasteiger partial charge in [0.1, 0.15) is 5.69 Å². The number of hydrogen-bond donors (Lipinski definition) is 1. The molecule has 5 rings (SSSR count). The summed E-state index contributed by atoms with van der Waals surface area (Å²) in [7, 11) is -1.40. The quantitative estimate of drug-likeness (QED) is 0.725.